The Morgan fingerprint density at radius 1 is 1.22 bits per heavy atom. The molecule has 1 saturated heterocycles. The Labute approximate surface area is 222 Å². The molecule has 0 radical (unpaired) electrons. The van der Waals surface area contributed by atoms with Gasteiger partial charge in [0.25, 0.3) is 0 Å². The Balaban J connectivity index is 1.47. The van der Waals surface area contributed by atoms with Gasteiger partial charge in [0.2, 0.25) is 11.9 Å². The molecule has 37 heavy (non-hydrogen) atoms. The zero-order chi connectivity index (χ0) is 26.3. The van der Waals surface area contributed by atoms with Gasteiger partial charge in [-0.2, -0.15) is 0 Å². The fraction of sp³-hybridized carbons (Fsp3) is 0.321. The van der Waals surface area contributed by atoms with Crippen LogP contribution in [0.3, 0.4) is 0 Å². The maximum atomic E-state index is 12.0. The highest BCUT2D eigenvalue weighted by Gasteiger charge is 2.26. The van der Waals surface area contributed by atoms with Crippen molar-refractivity contribution in [2.45, 2.75) is 26.3 Å². The lowest BCUT2D eigenvalue weighted by molar-refractivity contribution is -0.114. The van der Waals surface area contributed by atoms with Gasteiger partial charge in [-0.25, -0.2) is 9.97 Å². The summed E-state index contributed by atoms with van der Waals surface area (Å²) < 4.78 is 2.10. The van der Waals surface area contributed by atoms with E-state index in [1.807, 2.05) is 31.3 Å². The second-order valence-corrected chi connectivity index (χ2v) is 10.3. The number of halogens is 1. The molecule has 2 aromatic heterocycles. The highest BCUT2D eigenvalue weighted by molar-refractivity contribution is 6.33. The molecule has 1 amide bonds. The summed E-state index contributed by atoms with van der Waals surface area (Å²) in [6.07, 6.45) is 4.76. The number of aryl methyl sites for hydroxylation is 2. The van der Waals surface area contributed by atoms with E-state index in [1.54, 1.807) is 6.20 Å². The Hall–Kier alpha value is -3.62. The van der Waals surface area contributed by atoms with Gasteiger partial charge >= 0.3 is 0 Å². The van der Waals surface area contributed by atoms with Crippen molar-refractivity contribution >= 4 is 51.4 Å². The molecular weight excluding hydrogens is 486 g/mol. The average Bonchev–Trinajstić information content (AvgIpc) is 3.46. The third kappa shape index (κ3) is 4.99. The monoisotopic (exact) mass is 517 g/mol. The van der Waals surface area contributed by atoms with Crippen molar-refractivity contribution in [3.05, 3.63) is 59.4 Å². The number of carbonyl (C=O) groups is 1. The van der Waals surface area contributed by atoms with Gasteiger partial charge in [-0.3, -0.25) is 4.79 Å². The maximum absolute atomic E-state index is 12.0. The van der Waals surface area contributed by atoms with Gasteiger partial charge in [0.15, 0.2) is 0 Å². The molecule has 3 heterocycles. The molecule has 8 nitrogen and oxygen atoms in total. The van der Waals surface area contributed by atoms with E-state index < -0.39 is 0 Å². The first-order valence-electron chi connectivity index (χ1n) is 12.4. The Bertz CT molecular complexity index is 1480. The summed E-state index contributed by atoms with van der Waals surface area (Å²) >= 11 is 6.57. The van der Waals surface area contributed by atoms with Crippen LogP contribution >= 0.6 is 11.6 Å². The van der Waals surface area contributed by atoms with E-state index in [-0.39, 0.29) is 5.91 Å². The van der Waals surface area contributed by atoms with Crippen molar-refractivity contribution in [2.75, 3.05) is 42.7 Å². The highest BCUT2D eigenvalue weighted by Crippen LogP contribution is 2.36. The summed E-state index contributed by atoms with van der Waals surface area (Å²) in [7, 11) is 6.24. The molecule has 1 atom stereocenters. The Morgan fingerprint density at radius 3 is 2.76 bits per heavy atom. The maximum Gasteiger partial charge on any atom is 0.227 e. The van der Waals surface area contributed by atoms with Crippen LogP contribution in [0.2, 0.25) is 5.02 Å². The van der Waals surface area contributed by atoms with Gasteiger partial charge in [0, 0.05) is 55.9 Å². The largest absolute Gasteiger partial charge is 0.368 e. The van der Waals surface area contributed by atoms with Gasteiger partial charge < -0.3 is 25.0 Å². The molecule has 192 valence electrons. The number of nitrogens with zero attached hydrogens (tertiary/aromatic N) is 5. The molecule has 5 rings (SSSR count). The predicted octanol–water partition coefficient (Wildman–Crippen LogP) is 5.44. The van der Waals surface area contributed by atoms with Crippen LogP contribution in [0.25, 0.3) is 22.2 Å². The van der Waals surface area contributed by atoms with E-state index in [1.165, 1.54) is 12.5 Å². The van der Waals surface area contributed by atoms with Gasteiger partial charge in [-0.15, -0.1) is 0 Å². The number of aromatic nitrogens is 3. The van der Waals surface area contributed by atoms with Crippen LogP contribution in [0.15, 0.2) is 48.8 Å². The van der Waals surface area contributed by atoms with Crippen LogP contribution in [-0.4, -0.2) is 58.6 Å². The molecule has 1 aliphatic rings. The van der Waals surface area contributed by atoms with Gasteiger partial charge in [-0.05, 0) is 51.2 Å². The van der Waals surface area contributed by atoms with Crippen LogP contribution in [0, 0.1) is 6.92 Å². The summed E-state index contributed by atoms with van der Waals surface area (Å²) in [6.45, 7) is 5.48. The second-order valence-electron chi connectivity index (χ2n) is 9.91. The number of carbonyl (C=O) groups excluding carboxylic acids is 1. The fourth-order valence-electron chi connectivity index (χ4n) is 5.17. The number of hydrogen-bond donors (Lipinski definition) is 2. The molecule has 1 fully saturated rings. The van der Waals surface area contributed by atoms with E-state index in [0.717, 1.165) is 53.0 Å². The van der Waals surface area contributed by atoms with Crippen LogP contribution < -0.4 is 15.5 Å². The Kier molecular flexibility index (Phi) is 6.79. The lowest BCUT2D eigenvalue weighted by Gasteiger charge is -2.24. The summed E-state index contributed by atoms with van der Waals surface area (Å²) in [5.74, 6) is 0.317. The molecule has 4 aromatic rings. The number of amides is 1. The van der Waals surface area contributed by atoms with E-state index in [9.17, 15) is 4.79 Å². The third-order valence-corrected chi connectivity index (χ3v) is 7.28. The Morgan fingerprint density at radius 2 is 2.03 bits per heavy atom. The fourth-order valence-corrected chi connectivity index (χ4v) is 5.36. The predicted molar refractivity (Wildman–Crippen MR) is 152 cm³/mol. The van der Waals surface area contributed by atoms with Gasteiger partial charge in [0.05, 0.1) is 33.8 Å². The molecule has 0 aliphatic carbocycles. The van der Waals surface area contributed by atoms with E-state index in [0.29, 0.717) is 22.7 Å². The third-order valence-electron chi connectivity index (χ3n) is 7.00. The number of rotatable bonds is 6. The molecule has 9 heteroatoms. The van der Waals surface area contributed by atoms with Crippen molar-refractivity contribution in [3.63, 3.8) is 0 Å². The summed E-state index contributed by atoms with van der Waals surface area (Å²) in [5, 5.41) is 7.87. The number of likely N-dealkylation sites (N-methyl/N-ethyl adjacent to an activating group) is 1. The van der Waals surface area contributed by atoms with E-state index in [4.69, 9.17) is 16.6 Å². The van der Waals surface area contributed by atoms with E-state index >= 15 is 0 Å². The summed E-state index contributed by atoms with van der Waals surface area (Å²) in [6, 6.07) is 12.7. The normalized spacial score (nSPS) is 15.5. The lowest BCUT2D eigenvalue weighted by Crippen LogP contribution is -2.31. The SMILES string of the molecule is CC(=O)Nc1cc(Nc2ncc(Cl)c(-c3cn(C)c4c(C)cccc34)n2)ccc1N1CCC(N(C)C)C1. The topological polar surface area (TPSA) is 78.3 Å². The van der Waals surface area contributed by atoms with Crippen molar-refractivity contribution in [2.24, 2.45) is 7.05 Å². The molecule has 0 saturated carbocycles. The van der Waals surface area contributed by atoms with Gasteiger partial charge in [0.1, 0.15) is 0 Å². The first-order valence-corrected chi connectivity index (χ1v) is 12.8. The number of para-hydroxylation sites is 1. The average molecular weight is 518 g/mol. The first kappa shape index (κ1) is 25.0. The number of fused-ring (bicyclic) bond motifs is 1. The number of benzene rings is 2. The van der Waals surface area contributed by atoms with Crippen LogP contribution in [0.5, 0.6) is 0 Å². The van der Waals surface area contributed by atoms with Crippen LogP contribution in [0.1, 0.15) is 18.9 Å². The molecule has 2 aromatic carbocycles. The molecule has 2 N–H and O–H groups in total. The summed E-state index contributed by atoms with van der Waals surface area (Å²) in [5.41, 5.74) is 6.50. The standard InChI is InChI=1S/C28H32ClN7O/c1-17-7-6-8-21-22(16-35(5)27(17)21)26-23(29)14-30-28(33-26)32-19-9-10-25(24(13-19)31-18(2)37)36-12-11-20(15-36)34(3)4/h6-10,13-14,16,20H,11-12,15H2,1-5H3,(H,31,37)(H,30,32,33). The van der Waals surface area contributed by atoms with Crippen molar-refractivity contribution in [1.29, 1.82) is 0 Å². The zero-order valence-corrected chi connectivity index (χ0v) is 22.6. The minimum absolute atomic E-state index is 0.113. The smallest absolute Gasteiger partial charge is 0.227 e. The molecule has 0 spiro atoms. The quantitative estimate of drug-likeness (QED) is 0.354. The minimum Gasteiger partial charge on any atom is -0.368 e. The second kappa shape index (κ2) is 10.0. The van der Waals surface area contributed by atoms with Crippen molar-refractivity contribution < 1.29 is 4.79 Å². The lowest BCUT2D eigenvalue weighted by atomic mass is 10.1. The summed E-state index contributed by atoms with van der Waals surface area (Å²) in [4.78, 5) is 25.8. The highest BCUT2D eigenvalue weighted by atomic mass is 35.5. The molecule has 1 unspecified atom stereocenters. The van der Waals surface area contributed by atoms with Crippen molar-refractivity contribution in [3.8, 4) is 11.3 Å². The van der Waals surface area contributed by atoms with E-state index in [2.05, 4.69) is 69.3 Å². The number of anilines is 4. The number of nitrogens with one attached hydrogen (secondary N) is 2. The first-order chi connectivity index (χ1) is 17.7. The molecule has 1 aliphatic heterocycles. The van der Waals surface area contributed by atoms with Gasteiger partial charge in [-0.1, -0.05) is 29.8 Å². The zero-order valence-electron chi connectivity index (χ0n) is 21.8. The van der Waals surface area contributed by atoms with Crippen molar-refractivity contribution in [1.82, 2.24) is 19.4 Å². The van der Waals surface area contributed by atoms with Crippen LogP contribution in [-0.2, 0) is 11.8 Å². The minimum atomic E-state index is -0.113. The number of hydrogen-bond acceptors (Lipinski definition) is 6. The molecule has 0 bridgehead atoms. The van der Waals surface area contributed by atoms with Crippen LogP contribution in [0.4, 0.5) is 23.0 Å². The molecular formula is C28H32ClN7O.